The van der Waals surface area contributed by atoms with Gasteiger partial charge in [0.15, 0.2) is 5.65 Å². The Morgan fingerprint density at radius 1 is 1.26 bits per heavy atom. The number of fused-ring (bicyclic) bond motifs is 1. The molecule has 2 heterocycles. The number of benzene rings is 1. The number of nitrogens with one attached hydrogen (secondary N) is 1. The third-order valence-electron chi connectivity index (χ3n) is 5.05. The molecule has 0 atom stereocenters. The van der Waals surface area contributed by atoms with E-state index in [2.05, 4.69) is 10.4 Å². The second-order valence-electron chi connectivity index (χ2n) is 6.80. The van der Waals surface area contributed by atoms with E-state index in [1.807, 2.05) is 37.3 Å². The second-order valence-corrected chi connectivity index (χ2v) is 6.80. The number of nitrogens with zero attached hydrogens (tertiary/aromatic N) is 3. The lowest BCUT2D eigenvalue weighted by Crippen LogP contribution is -2.46. The van der Waals surface area contributed by atoms with Crippen LogP contribution in [0.2, 0.25) is 0 Å². The predicted molar refractivity (Wildman–Crippen MR) is 100 cm³/mol. The average Bonchev–Trinajstić information content (AvgIpc) is 3.06. The van der Waals surface area contributed by atoms with Gasteiger partial charge < -0.3 is 10.4 Å². The quantitative estimate of drug-likeness (QED) is 0.725. The van der Waals surface area contributed by atoms with E-state index in [1.54, 1.807) is 16.9 Å². The first-order chi connectivity index (χ1) is 13.1. The molecule has 1 aliphatic carbocycles. The Kier molecular flexibility index (Phi) is 4.35. The molecule has 0 radical (unpaired) electrons. The summed E-state index contributed by atoms with van der Waals surface area (Å²) in [6.07, 6.45) is 2.60. The highest BCUT2D eigenvalue weighted by atomic mass is 16.4. The SMILES string of the molecule is CCn1ncc2c(C(=O)NC3CC(C(=O)O)C3)cc(-c3ccccc3)nc21. The number of hydrogen-bond acceptors (Lipinski definition) is 4. The number of aliphatic carboxylic acids is 1. The van der Waals surface area contributed by atoms with Crippen molar-refractivity contribution in [2.45, 2.75) is 32.4 Å². The van der Waals surface area contributed by atoms with Crippen molar-refractivity contribution in [2.24, 2.45) is 5.92 Å². The highest BCUT2D eigenvalue weighted by Crippen LogP contribution is 2.29. The summed E-state index contributed by atoms with van der Waals surface area (Å²) in [5.74, 6) is -1.39. The summed E-state index contributed by atoms with van der Waals surface area (Å²) < 4.78 is 1.77. The number of carbonyl (C=O) groups is 2. The number of rotatable bonds is 5. The Labute approximate surface area is 156 Å². The lowest BCUT2D eigenvalue weighted by Gasteiger charge is -2.32. The lowest BCUT2D eigenvalue weighted by molar-refractivity contribution is -0.145. The van der Waals surface area contributed by atoms with Crippen molar-refractivity contribution >= 4 is 22.9 Å². The normalized spacial score (nSPS) is 18.9. The third kappa shape index (κ3) is 3.16. The van der Waals surface area contributed by atoms with Crippen LogP contribution in [0.3, 0.4) is 0 Å². The molecule has 7 heteroatoms. The number of amides is 1. The number of hydrogen-bond donors (Lipinski definition) is 2. The molecule has 1 amide bonds. The van der Waals surface area contributed by atoms with Crippen molar-refractivity contribution in [3.63, 3.8) is 0 Å². The molecular weight excluding hydrogens is 344 g/mol. The Bertz CT molecular complexity index is 1010. The molecule has 0 unspecified atom stereocenters. The van der Waals surface area contributed by atoms with Gasteiger partial charge in [0.05, 0.1) is 28.8 Å². The molecular formula is C20H20N4O3. The van der Waals surface area contributed by atoms with E-state index in [4.69, 9.17) is 10.1 Å². The van der Waals surface area contributed by atoms with E-state index < -0.39 is 5.97 Å². The molecule has 4 rings (SSSR count). The van der Waals surface area contributed by atoms with Crippen LogP contribution < -0.4 is 5.32 Å². The summed E-state index contributed by atoms with van der Waals surface area (Å²) in [6.45, 7) is 2.63. The van der Waals surface area contributed by atoms with Gasteiger partial charge >= 0.3 is 5.97 Å². The zero-order valence-corrected chi connectivity index (χ0v) is 14.9. The van der Waals surface area contributed by atoms with Crippen LogP contribution in [0.5, 0.6) is 0 Å². The summed E-state index contributed by atoms with van der Waals surface area (Å²) in [7, 11) is 0. The van der Waals surface area contributed by atoms with E-state index >= 15 is 0 Å². The molecule has 2 N–H and O–H groups in total. The molecule has 0 spiro atoms. The highest BCUT2D eigenvalue weighted by molar-refractivity contribution is 6.06. The van der Waals surface area contributed by atoms with Crippen LogP contribution in [-0.2, 0) is 11.3 Å². The zero-order chi connectivity index (χ0) is 19.0. The molecule has 1 fully saturated rings. The van der Waals surface area contributed by atoms with Gasteiger partial charge in [-0.1, -0.05) is 30.3 Å². The van der Waals surface area contributed by atoms with Crippen LogP contribution >= 0.6 is 0 Å². The minimum absolute atomic E-state index is 0.108. The van der Waals surface area contributed by atoms with Crippen molar-refractivity contribution in [2.75, 3.05) is 0 Å². The van der Waals surface area contributed by atoms with Gasteiger partial charge in [-0.15, -0.1) is 0 Å². The van der Waals surface area contributed by atoms with Gasteiger partial charge in [0.1, 0.15) is 0 Å². The van der Waals surface area contributed by atoms with Crippen LogP contribution in [-0.4, -0.2) is 37.8 Å². The minimum atomic E-state index is -0.803. The molecule has 3 aromatic rings. The van der Waals surface area contributed by atoms with Gasteiger partial charge in [0.25, 0.3) is 5.91 Å². The monoisotopic (exact) mass is 364 g/mol. The predicted octanol–water partition coefficient (Wildman–Crippen LogP) is 2.71. The Morgan fingerprint density at radius 3 is 2.67 bits per heavy atom. The van der Waals surface area contributed by atoms with Crippen LogP contribution in [0.4, 0.5) is 0 Å². The number of aryl methyl sites for hydroxylation is 1. The molecule has 138 valence electrons. The smallest absolute Gasteiger partial charge is 0.306 e. The fourth-order valence-electron chi connectivity index (χ4n) is 3.42. The molecule has 1 saturated carbocycles. The van der Waals surface area contributed by atoms with Crippen LogP contribution in [0.15, 0.2) is 42.6 Å². The highest BCUT2D eigenvalue weighted by Gasteiger charge is 2.35. The van der Waals surface area contributed by atoms with E-state index in [-0.39, 0.29) is 17.9 Å². The number of aromatic nitrogens is 3. The van der Waals surface area contributed by atoms with Gasteiger partial charge in [0, 0.05) is 18.2 Å². The van der Waals surface area contributed by atoms with Gasteiger partial charge in [-0.05, 0) is 25.8 Å². The fourth-order valence-corrected chi connectivity index (χ4v) is 3.42. The molecule has 1 aliphatic rings. The summed E-state index contributed by atoms with van der Waals surface area (Å²) in [5, 5.41) is 17.0. The topological polar surface area (TPSA) is 97.1 Å². The maximum Gasteiger partial charge on any atom is 0.306 e. The first-order valence-corrected chi connectivity index (χ1v) is 9.02. The van der Waals surface area contributed by atoms with Crippen molar-refractivity contribution < 1.29 is 14.7 Å². The zero-order valence-electron chi connectivity index (χ0n) is 14.9. The number of carboxylic acids is 1. The van der Waals surface area contributed by atoms with Crippen LogP contribution in [0.1, 0.15) is 30.1 Å². The van der Waals surface area contributed by atoms with Crippen molar-refractivity contribution in [1.82, 2.24) is 20.1 Å². The summed E-state index contributed by atoms with van der Waals surface area (Å²) in [5.41, 5.74) is 2.81. The van der Waals surface area contributed by atoms with Crippen LogP contribution in [0.25, 0.3) is 22.3 Å². The van der Waals surface area contributed by atoms with E-state index in [9.17, 15) is 9.59 Å². The van der Waals surface area contributed by atoms with Crippen molar-refractivity contribution in [1.29, 1.82) is 0 Å². The summed E-state index contributed by atoms with van der Waals surface area (Å²) in [6, 6.07) is 11.4. The number of carboxylic acid groups (broad SMARTS) is 1. The third-order valence-corrected chi connectivity index (χ3v) is 5.05. The minimum Gasteiger partial charge on any atom is -0.481 e. The van der Waals surface area contributed by atoms with Gasteiger partial charge in [0.2, 0.25) is 0 Å². The summed E-state index contributed by atoms with van der Waals surface area (Å²) >= 11 is 0. The summed E-state index contributed by atoms with van der Waals surface area (Å²) in [4.78, 5) is 28.6. The number of pyridine rings is 1. The van der Waals surface area contributed by atoms with E-state index in [1.165, 1.54) is 0 Å². The molecule has 0 aliphatic heterocycles. The second kappa shape index (κ2) is 6.83. The van der Waals surface area contributed by atoms with Gasteiger partial charge in [-0.3, -0.25) is 9.59 Å². The average molecular weight is 364 g/mol. The molecule has 2 aromatic heterocycles. The van der Waals surface area contributed by atoms with Crippen molar-refractivity contribution in [3.05, 3.63) is 48.2 Å². The Balaban J connectivity index is 1.69. The van der Waals surface area contributed by atoms with Gasteiger partial charge in [-0.25, -0.2) is 9.67 Å². The number of carbonyl (C=O) groups excluding carboxylic acids is 1. The Hall–Kier alpha value is -3.22. The first-order valence-electron chi connectivity index (χ1n) is 9.02. The Morgan fingerprint density at radius 2 is 2.00 bits per heavy atom. The van der Waals surface area contributed by atoms with Crippen molar-refractivity contribution in [3.8, 4) is 11.3 Å². The lowest BCUT2D eigenvalue weighted by atomic mass is 9.80. The molecule has 0 saturated heterocycles. The first kappa shape index (κ1) is 17.2. The maximum absolute atomic E-state index is 12.9. The largest absolute Gasteiger partial charge is 0.481 e. The van der Waals surface area contributed by atoms with E-state index in [0.717, 1.165) is 5.56 Å². The standard InChI is InChI=1S/C20H20N4O3/c1-2-24-18-16(11-21-24)15(10-17(23-18)12-6-4-3-5-7-12)19(25)22-14-8-13(9-14)20(26)27/h3-7,10-11,13-14H,2,8-9H2,1H3,(H,22,25)(H,26,27). The molecule has 27 heavy (non-hydrogen) atoms. The fraction of sp³-hybridized carbons (Fsp3) is 0.300. The van der Waals surface area contributed by atoms with E-state index in [0.29, 0.717) is 41.7 Å². The molecule has 1 aromatic carbocycles. The van der Waals surface area contributed by atoms with Gasteiger partial charge in [-0.2, -0.15) is 5.10 Å². The molecule has 7 nitrogen and oxygen atoms in total. The maximum atomic E-state index is 12.9. The molecule has 0 bridgehead atoms. The van der Waals surface area contributed by atoms with Crippen LogP contribution in [0, 0.1) is 5.92 Å².